The average molecular weight is 433 g/mol. The number of fused-ring (bicyclic) bond motifs is 1. The molecule has 1 amide bonds. The number of hydrogen-bond donors (Lipinski definition) is 0. The van der Waals surface area contributed by atoms with Gasteiger partial charge in [-0.25, -0.2) is 0 Å². The third-order valence-corrected chi connectivity index (χ3v) is 7.30. The van der Waals surface area contributed by atoms with Gasteiger partial charge in [0.05, 0.1) is 0 Å². The van der Waals surface area contributed by atoms with Crippen LogP contribution in [0, 0.1) is 0 Å². The average Bonchev–Trinajstić information content (AvgIpc) is 3.19. The highest BCUT2D eigenvalue weighted by Gasteiger charge is 2.37. The van der Waals surface area contributed by atoms with Crippen molar-refractivity contribution in [1.29, 1.82) is 0 Å². The molecule has 0 N–H and O–H groups in total. The predicted octanol–water partition coefficient (Wildman–Crippen LogP) is 4.19. The van der Waals surface area contributed by atoms with E-state index in [0.717, 1.165) is 56.5 Å². The molecule has 1 aliphatic heterocycles. The fourth-order valence-electron chi connectivity index (χ4n) is 5.14. The molecule has 1 aliphatic rings. The number of piperidine rings is 1. The molecule has 3 aromatic rings. The van der Waals surface area contributed by atoms with E-state index in [-0.39, 0.29) is 11.4 Å². The molecule has 0 spiro atoms. The number of carbonyl (C=O) groups excluding carboxylic acids is 1. The minimum Gasteiger partial charge on any atom is -0.351 e. The molecule has 170 valence electrons. The van der Waals surface area contributed by atoms with E-state index in [1.54, 1.807) is 0 Å². The summed E-state index contributed by atoms with van der Waals surface area (Å²) >= 11 is 0. The predicted molar refractivity (Wildman–Crippen MR) is 132 cm³/mol. The van der Waals surface area contributed by atoms with Crippen LogP contribution in [0.4, 0.5) is 0 Å². The van der Waals surface area contributed by atoms with Crippen molar-refractivity contribution in [3.05, 3.63) is 71.9 Å². The van der Waals surface area contributed by atoms with Crippen LogP contribution in [0.25, 0.3) is 10.9 Å². The summed E-state index contributed by atoms with van der Waals surface area (Å²) in [5.74, 6) is 0.0995. The van der Waals surface area contributed by atoms with E-state index in [4.69, 9.17) is 0 Å². The minimum atomic E-state index is 0.0995. The Hall–Kier alpha value is -2.63. The number of benzene rings is 2. The Morgan fingerprint density at radius 1 is 1.00 bits per heavy atom. The lowest BCUT2D eigenvalue weighted by Gasteiger charge is -2.46. The molecule has 32 heavy (non-hydrogen) atoms. The smallest absolute Gasteiger partial charge is 0.253 e. The fourth-order valence-corrected chi connectivity index (χ4v) is 5.14. The second-order valence-electron chi connectivity index (χ2n) is 9.41. The van der Waals surface area contributed by atoms with Crippen LogP contribution in [-0.4, -0.2) is 72.5 Å². The summed E-state index contributed by atoms with van der Waals surface area (Å²) in [5, 5.41) is 1.17. The molecule has 0 unspecified atom stereocenters. The molecule has 0 atom stereocenters. The van der Waals surface area contributed by atoms with Gasteiger partial charge >= 0.3 is 0 Å². The van der Waals surface area contributed by atoms with Crippen molar-refractivity contribution in [3.8, 4) is 0 Å². The van der Waals surface area contributed by atoms with Gasteiger partial charge in [0.2, 0.25) is 0 Å². The second-order valence-corrected chi connectivity index (χ2v) is 9.41. The Bertz CT molecular complexity index is 1050. The number of hydrogen-bond acceptors (Lipinski definition) is 3. The molecule has 4 rings (SSSR count). The van der Waals surface area contributed by atoms with Gasteiger partial charge in [-0.15, -0.1) is 0 Å². The van der Waals surface area contributed by atoms with E-state index in [2.05, 4.69) is 64.9 Å². The van der Waals surface area contributed by atoms with Gasteiger partial charge in [0, 0.05) is 56.5 Å². The molecule has 0 saturated carbocycles. The van der Waals surface area contributed by atoms with Gasteiger partial charge in [-0.2, -0.15) is 0 Å². The summed E-state index contributed by atoms with van der Waals surface area (Å²) in [4.78, 5) is 19.7. The zero-order chi connectivity index (χ0) is 22.7. The van der Waals surface area contributed by atoms with Gasteiger partial charge in [-0.3, -0.25) is 9.69 Å². The van der Waals surface area contributed by atoms with Gasteiger partial charge < -0.3 is 14.4 Å². The van der Waals surface area contributed by atoms with Crippen molar-refractivity contribution >= 4 is 16.8 Å². The Balaban J connectivity index is 1.29. The van der Waals surface area contributed by atoms with E-state index in [9.17, 15) is 4.79 Å². The van der Waals surface area contributed by atoms with Gasteiger partial charge in [0.25, 0.3) is 5.91 Å². The van der Waals surface area contributed by atoms with Crippen molar-refractivity contribution in [2.24, 2.45) is 7.05 Å². The first-order chi connectivity index (χ1) is 15.4. The van der Waals surface area contributed by atoms with E-state index >= 15 is 0 Å². The molecule has 0 aliphatic carbocycles. The van der Waals surface area contributed by atoms with Crippen molar-refractivity contribution in [1.82, 2.24) is 19.3 Å². The number of amides is 1. The lowest BCUT2D eigenvalue weighted by molar-refractivity contribution is 0.0518. The number of likely N-dealkylation sites (tertiary alicyclic amines) is 1. The van der Waals surface area contributed by atoms with Crippen molar-refractivity contribution in [2.75, 3.05) is 47.3 Å². The number of nitrogens with zero attached hydrogens (tertiary/aromatic N) is 4. The van der Waals surface area contributed by atoms with Crippen LogP contribution in [0.3, 0.4) is 0 Å². The SMILES string of the molecule is CN(CCCN1CCC(c2ccccc2)(N(C)C)CC1)C(=O)c1ccc2ccn(C)c2c1. The zero-order valence-corrected chi connectivity index (χ0v) is 19.9. The van der Waals surface area contributed by atoms with Crippen LogP contribution in [0.5, 0.6) is 0 Å². The summed E-state index contributed by atoms with van der Waals surface area (Å²) in [6.07, 6.45) is 5.30. The Morgan fingerprint density at radius 2 is 1.72 bits per heavy atom. The second kappa shape index (κ2) is 9.47. The molecule has 0 bridgehead atoms. The van der Waals surface area contributed by atoms with Gasteiger partial charge in [0.1, 0.15) is 0 Å². The molecular weight excluding hydrogens is 396 g/mol. The third-order valence-electron chi connectivity index (χ3n) is 7.30. The number of carbonyl (C=O) groups is 1. The Kier molecular flexibility index (Phi) is 6.68. The Morgan fingerprint density at radius 3 is 2.41 bits per heavy atom. The molecule has 0 radical (unpaired) electrons. The number of rotatable bonds is 7. The maximum Gasteiger partial charge on any atom is 0.253 e. The number of aromatic nitrogens is 1. The molecule has 2 aromatic carbocycles. The highest BCUT2D eigenvalue weighted by atomic mass is 16.2. The van der Waals surface area contributed by atoms with Crippen LogP contribution in [0.1, 0.15) is 35.2 Å². The van der Waals surface area contributed by atoms with Crippen LogP contribution in [0.15, 0.2) is 60.8 Å². The minimum absolute atomic E-state index is 0.0995. The number of aryl methyl sites for hydroxylation is 1. The van der Waals surface area contributed by atoms with Crippen molar-refractivity contribution < 1.29 is 4.79 Å². The lowest BCUT2D eigenvalue weighted by atomic mass is 9.80. The standard InChI is InChI=1S/C27H36N4O/c1-28(2)27(24-9-6-5-7-10-24)14-19-31(20-15-27)17-8-16-30(4)26(32)23-12-11-22-13-18-29(3)25(22)21-23/h5-7,9-13,18,21H,8,14-17,19-20H2,1-4H3. The first-order valence-electron chi connectivity index (χ1n) is 11.7. The summed E-state index contributed by atoms with van der Waals surface area (Å²) in [7, 11) is 8.34. The molecule has 5 heteroatoms. The zero-order valence-electron chi connectivity index (χ0n) is 19.9. The summed E-state index contributed by atoms with van der Waals surface area (Å²) in [6, 6.07) is 19.0. The van der Waals surface area contributed by atoms with Crippen LogP contribution >= 0.6 is 0 Å². The monoisotopic (exact) mass is 432 g/mol. The van der Waals surface area contributed by atoms with E-state index in [0.29, 0.717) is 0 Å². The fraction of sp³-hybridized carbons (Fsp3) is 0.444. The summed E-state index contributed by atoms with van der Waals surface area (Å²) in [5.41, 5.74) is 3.41. The van der Waals surface area contributed by atoms with Gasteiger partial charge in [-0.1, -0.05) is 36.4 Å². The molecule has 1 saturated heterocycles. The molecule has 2 heterocycles. The maximum atomic E-state index is 12.9. The topological polar surface area (TPSA) is 31.7 Å². The normalized spacial score (nSPS) is 16.5. The first-order valence-corrected chi connectivity index (χ1v) is 11.7. The maximum absolute atomic E-state index is 12.9. The van der Waals surface area contributed by atoms with E-state index in [1.165, 1.54) is 10.9 Å². The van der Waals surface area contributed by atoms with E-state index in [1.807, 2.05) is 43.4 Å². The first kappa shape index (κ1) is 22.6. The molecular formula is C27H36N4O. The van der Waals surface area contributed by atoms with Gasteiger partial charge in [0.15, 0.2) is 0 Å². The van der Waals surface area contributed by atoms with Crippen LogP contribution in [0.2, 0.25) is 0 Å². The summed E-state index contributed by atoms with van der Waals surface area (Å²) in [6.45, 7) is 3.99. The lowest BCUT2D eigenvalue weighted by Crippen LogP contribution is -2.50. The van der Waals surface area contributed by atoms with Crippen molar-refractivity contribution in [2.45, 2.75) is 24.8 Å². The highest BCUT2D eigenvalue weighted by Crippen LogP contribution is 2.37. The Labute approximate surface area is 192 Å². The molecule has 1 aromatic heterocycles. The van der Waals surface area contributed by atoms with Crippen LogP contribution < -0.4 is 0 Å². The highest BCUT2D eigenvalue weighted by molar-refractivity contribution is 5.97. The summed E-state index contributed by atoms with van der Waals surface area (Å²) < 4.78 is 2.06. The third kappa shape index (κ3) is 4.45. The van der Waals surface area contributed by atoms with Gasteiger partial charge in [-0.05, 0) is 69.1 Å². The largest absolute Gasteiger partial charge is 0.351 e. The molecule has 1 fully saturated rings. The van der Waals surface area contributed by atoms with E-state index < -0.39 is 0 Å². The quantitative estimate of drug-likeness (QED) is 0.561. The van der Waals surface area contributed by atoms with Crippen molar-refractivity contribution in [3.63, 3.8) is 0 Å². The molecule has 5 nitrogen and oxygen atoms in total. The van der Waals surface area contributed by atoms with Crippen LogP contribution in [-0.2, 0) is 12.6 Å².